The average Bonchev–Trinajstić information content (AvgIpc) is 3.12. The van der Waals surface area contributed by atoms with Crippen molar-refractivity contribution in [1.82, 2.24) is 20.0 Å². The summed E-state index contributed by atoms with van der Waals surface area (Å²) in [6.45, 7) is 0.598. The van der Waals surface area contributed by atoms with Crippen LogP contribution in [0.1, 0.15) is 52.5 Å². The van der Waals surface area contributed by atoms with Gasteiger partial charge in [-0.2, -0.15) is 0 Å². The van der Waals surface area contributed by atoms with Crippen molar-refractivity contribution in [2.24, 2.45) is 0 Å². The van der Waals surface area contributed by atoms with Crippen LogP contribution in [-0.4, -0.2) is 31.1 Å². The fourth-order valence-corrected chi connectivity index (χ4v) is 4.91. The molecule has 0 radical (unpaired) electrons. The van der Waals surface area contributed by atoms with Gasteiger partial charge in [-0.3, -0.25) is 9.67 Å². The summed E-state index contributed by atoms with van der Waals surface area (Å²) in [5, 5.41) is 18.3. The minimum absolute atomic E-state index is 0.0331. The minimum atomic E-state index is -1.06. The smallest absolute Gasteiger partial charge is 0.358 e. The van der Waals surface area contributed by atoms with Crippen molar-refractivity contribution >= 4 is 34.2 Å². The number of aromatic carboxylic acids is 1. The van der Waals surface area contributed by atoms with E-state index in [9.17, 15) is 4.79 Å². The Bertz CT molecular complexity index is 1180. The van der Waals surface area contributed by atoms with Crippen molar-refractivity contribution in [1.29, 1.82) is 0 Å². The van der Waals surface area contributed by atoms with Crippen molar-refractivity contribution in [3.8, 4) is 0 Å². The number of carboxylic acid groups (broad SMARTS) is 1. The first-order valence-electron chi connectivity index (χ1n) is 9.71. The van der Waals surface area contributed by atoms with Crippen LogP contribution >= 0.6 is 11.6 Å². The third kappa shape index (κ3) is 3.15. The minimum Gasteiger partial charge on any atom is -0.476 e. The number of aryl methyl sites for hydroxylation is 2. The number of nitrogen functional groups attached to an aromatic ring is 1. The lowest BCUT2D eigenvalue weighted by Gasteiger charge is -2.31. The third-order valence-corrected chi connectivity index (χ3v) is 6.13. The van der Waals surface area contributed by atoms with Crippen LogP contribution in [0.2, 0.25) is 5.02 Å². The number of pyridine rings is 1. The van der Waals surface area contributed by atoms with E-state index >= 15 is 0 Å². The summed E-state index contributed by atoms with van der Waals surface area (Å²) in [6, 6.07) is 3.91. The molecule has 0 saturated carbocycles. The van der Waals surface area contributed by atoms with Gasteiger partial charge >= 0.3 is 5.97 Å². The van der Waals surface area contributed by atoms with Gasteiger partial charge < -0.3 is 10.8 Å². The summed E-state index contributed by atoms with van der Waals surface area (Å²) < 4.78 is 1.59. The zero-order chi connectivity index (χ0) is 20.1. The van der Waals surface area contributed by atoms with E-state index in [-0.39, 0.29) is 11.6 Å². The molecule has 148 valence electrons. The molecule has 3 N–H and O–H groups in total. The standard InChI is InChI=1S/C21H20ClN5O2/c22-14-8-13-7-12-6-11(4-5-27-10-17(21(28)29)25-26-27)2-1-3-15-18(12)20(23)19(13)16(9-14)24-15/h2,8-10,12H,1,3-7H2,(H2,23,24)(H,28,29). The number of rotatable bonds is 4. The van der Waals surface area contributed by atoms with Crippen LogP contribution in [0.25, 0.3) is 10.9 Å². The van der Waals surface area contributed by atoms with E-state index in [1.807, 2.05) is 12.1 Å². The molecule has 2 aliphatic carbocycles. The second-order valence-corrected chi connectivity index (χ2v) is 8.21. The highest BCUT2D eigenvalue weighted by atomic mass is 35.5. The zero-order valence-corrected chi connectivity index (χ0v) is 16.5. The zero-order valence-electron chi connectivity index (χ0n) is 15.7. The molecule has 0 fully saturated rings. The molecule has 0 saturated heterocycles. The molecule has 2 aliphatic rings. The highest BCUT2D eigenvalue weighted by molar-refractivity contribution is 6.31. The van der Waals surface area contributed by atoms with Gasteiger partial charge in [-0.05, 0) is 55.7 Å². The highest BCUT2D eigenvalue weighted by Crippen LogP contribution is 2.45. The monoisotopic (exact) mass is 409 g/mol. The van der Waals surface area contributed by atoms with Crippen LogP contribution in [0.4, 0.5) is 5.69 Å². The van der Waals surface area contributed by atoms with Crippen LogP contribution in [0.3, 0.4) is 0 Å². The first kappa shape index (κ1) is 18.1. The first-order chi connectivity index (χ1) is 14.0. The van der Waals surface area contributed by atoms with E-state index in [1.165, 1.54) is 22.9 Å². The Kier molecular flexibility index (Phi) is 4.28. The number of hydrogen-bond acceptors (Lipinski definition) is 5. The lowest BCUT2D eigenvalue weighted by atomic mass is 9.76. The molecule has 7 nitrogen and oxygen atoms in total. The van der Waals surface area contributed by atoms with Crippen LogP contribution in [0.5, 0.6) is 0 Å². The number of carboxylic acids is 1. The maximum absolute atomic E-state index is 11.0. The molecule has 0 spiro atoms. The number of anilines is 1. The summed E-state index contributed by atoms with van der Waals surface area (Å²) in [5.41, 5.74) is 13.1. The summed E-state index contributed by atoms with van der Waals surface area (Å²) >= 11 is 6.33. The van der Waals surface area contributed by atoms with Gasteiger partial charge in [0, 0.05) is 33.9 Å². The second kappa shape index (κ2) is 6.84. The molecule has 2 heterocycles. The highest BCUT2D eigenvalue weighted by Gasteiger charge is 2.30. The van der Waals surface area contributed by atoms with Crippen LogP contribution in [-0.2, 0) is 19.4 Å². The predicted molar refractivity (Wildman–Crippen MR) is 110 cm³/mol. The summed E-state index contributed by atoms with van der Waals surface area (Å²) in [7, 11) is 0. The van der Waals surface area contributed by atoms with Crippen LogP contribution < -0.4 is 5.73 Å². The Morgan fingerprint density at radius 3 is 3.00 bits per heavy atom. The lowest BCUT2D eigenvalue weighted by Crippen LogP contribution is -2.19. The van der Waals surface area contributed by atoms with Crippen molar-refractivity contribution in [3.63, 3.8) is 0 Å². The van der Waals surface area contributed by atoms with Gasteiger partial charge in [0.1, 0.15) is 0 Å². The molecule has 0 aliphatic heterocycles. The molecule has 1 aromatic carbocycles. The number of halogens is 1. The number of benzene rings is 1. The topological polar surface area (TPSA) is 107 Å². The van der Waals surface area contributed by atoms with E-state index in [2.05, 4.69) is 16.4 Å². The number of aromatic nitrogens is 4. The Morgan fingerprint density at radius 1 is 1.34 bits per heavy atom. The van der Waals surface area contributed by atoms with Crippen molar-refractivity contribution < 1.29 is 9.90 Å². The third-order valence-electron chi connectivity index (χ3n) is 5.91. The second-order valence-electron chi connectivity index (χ2n) is 7.77. The number of allylic oxidation sites excluding steroid dienone is 2. The SMILES string of the molecule is Nc1c2c3nc4cc(Cl)cc(c14)CC2CC(CCn1cc(C(=O)O)nn1)=CCC3. The lowest BCUT2D eigenvalue weighted by molar-refractivity contribution is 0.0690. The summed E-state index contributed by atoms with van der Waals surface area (Å²) in [6.07, 6.45) is 8.11. The fraction of sp³-hybridized carbons (Fsp3) is 0.333. The maximum Gasteiger partial charge on any atom is 0.358 e. The van der Waals surface area contributed by atoms with Gasteiger partial charge in [-0.1, -0.05) is 28.5 Å². The molecule has 2 bridgehead atoms. The normalized spacial score (nSPS) is 17.8. The molecule has 1 unspecified atom stereocenters. The maximum atomic E-state index is 11.0. The van der Waals surface area contributed by atoms with Crippen LogP contribution in [0.15, 0.2) is 30.0 Å². The van der Waals surface area contributed by atoms with Gasteiger partial charge in [0.15, 0.2) is 5.69 Å². The van der Waals surface area contributed by atoms with Crippen molar-refractivity contribution in [2.75, 3.05) is 5.73 Å². The Hall–Kier alpha value is -2.93. The van der Waals surface area contributed by atoms with E-state index in [1.54, 1.807) is 4.68 Å². The molecule has 1 atom stereocenters. The average molecular weight is 410 g/mol. The quantitative estimate of drug-likeness (QED) is 0.635. The molecule has 5 rings (SSSR count). The van der Waals surface area contributed by atoms with E-state index in [0.29, 0.717) is 11.6 Å². The Morgan fingerprint density at radius 2 is 2.21 bits per heavy atom. The first-order valence-corrected chi connectivity index (χ1v) is 10.1. The van der Waals surface area contributed by atoms with Crippen LogP contribution in [0, 0.1) is 0 Å². The molecule has 2 aromatic heterocycles. The number of carbonyl (C=O) groups is 1. The van der Waals surface area contributed by atoms with E-state index in [4.69, 9.17) is 27.4 Å². The van der Waals surface area contributed by atoms with E-state index in [0.717, 1.165) is 54.4 Å². The molecule has 8 heteroatoms. The summed E-state index contributed by atoms with van der Waals surface area (Å²) in [5.74, 6) is -0.781. The summed E-state index contributed by atoms with van der Waals surface area (Å²) in [4.78, 5) is 15.9. The largest absolute Gasteiger partial charge is 0.476 e. The number of hydrogen-bond donors (Lipinski definition) is 2. The van der Waals surface area contributed by atoms with Gasteiger partial charge in [0.2, 0.25) is 0 Å². The van der Waals surface area contributed by atoms with Gasteiger partial charge in [0.05, 0.1) is 11.7 Å². The van der Waals surface area contributed by atoms with Crippen molar-refractivity contribution in [2.45, 2.75) is 44.6 Å². The van der Waals surface area contributed by atoms with Gasteiger partial charge in [-0.15, -0.1) is 5.10 Å². The number of nitrogens with zero attached hydrogens (tertiary/aromatic N) is 4. The fourth-order valence-electron chi connectivity index (χ4n) is 4.67. The molecule has 3 aromatic rings. The Balaban J connectivity index is 1.43. The number of nitrogens with two attached hydrogens (primary N) is 1. The van der Waals surface area contributed by atoms with Crippen molar-refractivity contribution in [3.05, 3.63) is 57.5 Å². The van der Waals surface area contributed by atoms with E-state index < -0.39 is 5.97 Å². The van der Waals surface area contributed by atoms with Gasteiger partial charge in [-0.25, -0.2) is 4.79 Å². The van der Waals surface area contributed by atoms with Gasteiger partial charge in [0.25, 0.3) is 0 Å². The molecular formula is C21H20ClN5O2. The molecule has 29 heavy (non-hydrogen) atoms. The molecule has 0 amide bonds. The molecular weight excluding hydrogens is 390 g/mol. The predicted octanol–water partition coefficient (Wildman–Crippen LogP) is 3.75. The Labute approximate surface area is 172 Å².